The van der Waals surface area contributed by atoms with Gasteiger partial charge in [0.05, 0.1) is 4.47 Å². The van der Waals surface area contributed by atoms with Crippen LogP contribution in [0.1, 0.15) is 12.8 Å². The van der Waals surface area contributed by atoms with Crippen LogP contribution in [-0.4, -0.2) is 21.3 Å². The Balaban J connectivity index is 2.31. The number of hydrogen-bond acceptors (Lipinski definition) is 3. The van der Waals surface area contributed by atoms with Gasteiger partial charge in [-0.25, -0.2) is 13.1 Å². The highest BCUT2D eigenvalue weighted by atomic mass is 79.9. The summed E-state index contributed by atoms with van der Waals surface area (Å²) in [4.78, 5) is -0.537. The van der Waals surface area contributed by atoms with Crippen LogP contribution in [0.25, 0.3) is 0 Å². The maximum absolute atomic E-state index is 12.4. The van der Waals surface area contributed by atoms with Crippen LogP contribution >= 0.6 is 15.9 Å². The summed E-state index contributed by atoms with van der Waals surface area (Å²) in [6, 6.07) is 3.68. The molecule has 1 N–H and O–H groups in total. The first-order valence-corrected chi connectivity index (χ1v) is 8.00. The fourth-order valence-electron chi connectivity index (χ4n) is 1.54. The summed E-state index contributed by atoms with van der Waals surface area (Å²) in [5, 5.41) is 0. The van der Waals surface area contributed by atoms with Gasteiger partial charge in [0.1, 0.15) is 4.90 Å². The molecule has 1 aliphatic carbocycles. The van der Waals surface area contributed by atoms with Crippen molar-refractivity contribution in [1.82, 2.24) is 4.72 Å². The van der Waals surface area contributed by atoms with Crippen molar-refractivity contribution in [2.24, 2.45) is 5.92 Å². The second-order valence-electron chi connectivity index (χ2n) is 4.41. The second kappa shape index (κ2) is 5.53. The Kier molecular flexibility index (Phi) is 4.31. The fourth-order valence-corrected chi connectivity index (χ4v) is 3.39. The van der Waals surface area contributed by atoms with Crippen LogP contribution in [0.15, 0.2) is 27.6 Å². The van der Waals surface area contributed by atoms with Crippen LogP contribution < -0.4 is 9.46 Å². The Labute approximate surface area is 122 Å². The molecule has 0 unspecified atom stereocenters. The summed E-state index contributed by atoms with van der Waals surface area (Å²) in [5.41, 5.74) is 0. The van der Waals surface area contributed by atoms with Crippen LogP contribution in [0.2, 0.25) is 0 Å². The van der Waals surface area contributed by atoms with Gasteiger partial charge in [-0.2, -0.15) is 0 Å². The average Bonchev–Trinajstić information content (AvgIpc) is 3.11. The Morgan fingerprint density at radius 1 is 1.35 bits per heavy atom. The van der Waals surface area contributed by atoms with Gasteiger partial charge in [-0.1, -0.05) is 6.07 Å². The Hall–Kier alpha value is -0.800. The standard InChI is InChI=1S/C11H11BrF3NO3S/c12-8-2-1-3-9(10(8)19-11(13,14)15)20(17,18)16-6-7-4-5-7/h1-3,7,16H,4-6H2. The van der Waals surface area contributed by atoms with Crippen LogP contribution in [0.4, 0.5) is 13.2 Å². The minimum absolute atomic E-state index is 0.0795. The molecule has 2 rings (SSSR count). The van der Waals surface area contributed by atoms with Gasteiger partial charge < -0.3 is 4.74 Å². The number of ether oxygens (including phenoxy) is 1. The van der Waals surface area contributed by atoms with Crippen molar-refractivity contribution in [3.8, 4) is 5.75 Å². The van der Waals surface area contributed by atoms with Crippen LogP contribution in [0.5, 0.6) is 5.75 Å². The number of halogens is 4. The van der Waals surface area contributed by atoms with Crippen LogP contribution in [0, 0.1) is 5.92 Å². The van der Waals surface area contributed by atoms with Crippen LogP contribution in [0.3, 0.4) is 0 Å². The molecule has 9 heteroatoms. The first-order valence-electron chi connectivity index (χ1n) is 5.73. The summed E-state index contributed by atoms with van der Waals surface area (Å²) in [5.74, 6) is -0.493. The van der Waals surface area contributed by atoms with Gasteiger partial charge in [0.25, 0.3) is 0 Å². The molecular weight excluding hydrogens is 363 g/mol. The number of hydrogen-bond donors (Lipinski definition) is 1. The fraction of sp³-hybridized carbons (Fsp3) is 0.455. The smallest absolute Gasteiger partial charge is 0.403 e. The highest BCUT2D eigenvalue weighted by molar-refractivity contribution is 9.10. The zero-order valence-corrected chi connectivity index (χ0v) is 12.5. The molecule has 1 fully saturated rings. The van der Waals surface area contributed by atoms with E-state index >= 15 is 0 Å². The molecule has 0 spiro atoms. The molecule has 0 bridgehead atoms. The third kappa shape index (κ3) is 4.10. The highest BCUT2D eigenvalue weighted by Gasteiger charge is 2.35. The number of rotatable bonds is 5. The SMILES string of the molecule is O=S(=O)(NCC1CC1)c1cccc(Br)c1OC(F)(F)F. The van der Waals surface area contributed by atoms with E-state index in [1.165, 1.54) is 12.1 Å². The van der Waals surface area contributed by atoms with E-state index < -0.39 is 27.0 Å². The number of para-hydroxylation sites is 1. The normalized spacial score (nSPS) is 16.2. The lowest BCUT2D eigenvalue weighted by molar-refractivity contribution is -0.275. The van der Waals surface area contributed by atoms with E-state index in [0.29, 0.717) is 0 Å². The lowest BCUT2D eigenvalue weighted by Gasteiger charge is -2.15. The van der Waals surface area contributed by atoms with Gasteiger partial charge in [-0.15, -0.1) is 13.2 Å². The van der Waals surface area contributed by atoms with Gasteiger partial charge >= 0.3 is 6.36 Å². The Morgan fingerprint density at radius 3 is 2.55 bits per heavy atom. The van der Waals surface area contributed by atoms with Crippen molar-refractivity contribution in [1.29, 1.82) is 0 Å². The van der Waals surface area contributed by atoms with E-state index in [4.69, 9.17) is 0 Å². The molecule has 0 amide bonds. The Morgan fingerprint density at radius 2 is 2.00 bits per heavy atom. The molecule has 1 aromatic carbocycles. The van der Waals surface area contributed by atoms with E-state index in [0.717, 1.165) is 18.9 Å². The average molecular weight is 374 g/mol. The molecule has 1 saturated carbocycles. The molecule has 1 aromatic rings. The molecule has 0 atom stereocenters. The summed E-state index contributed by atoms with van der Waals surface area (Å²) in [6.07, 6.45) is -3.12. The van der Waals surface area contributed by atoms with Crippen molar-refractivity contribution in [2.45, 2.75) is 24.1 Å². The van der Waals surface area contributed by atoms with E-state index in [1.54, 1.807) is 0 Å². The van der Waals surface area contributed by atoms with Crippen molar-refractivity contribution >= 4 is 26.0 Å². The lowest BCUT2D eigenvalue weighted by Crippen LogP contribution is -2.27. The summed E-state index contributed by atoms with van der Waals surface area (Å²) >= 11 is 2.87. The molecule has 20 heavy (non-hydrogen) atoms. The van der Waals surface area contributed by atoms with Crippen molar-refractivity contribution in [2.75, 3.05) is 6.54 Å². The molecule has 112 valence electrons. The molecule has 0 aromatic heterocycles. The molecule has 0 aliphatic heterocycles. The third-order valence-corrected chi connectivity index (χ3v) is 4.77. The largest absolute Gasteiger partial charge is 0.573 e. The number of sulfonamides is 1. The summed E-state index contributed by atoms with van der Waals surface area (Å²) < 4.78 is 67.2. The predicted octanol–water partition coefficient (Wildman–Crippen LogP) is 3.04. The van der Waals surface area contributed by atoms with Gasteiger partial charge in [0.15, 0.2) is 5.75 Å². The number of benzene rings is 1. The molecule has 0 radical (unpaired) electrons. The topological polar surface area (TPSA) is 55.4 Å². The maximum Gasteiger partial charge on any atom is 0.573 e. The van der Waals surface area contributed by atoms with Gasteiger partial charge in [0, 0.05) is 6.54 Å². The third-order valence-electron chi connectivity index (χ3n) is 2.70. The zero-order valence-electron chi connectivity index (χ0n) is 10.1. The quantitative estimate of drug-likeness (QED) is 0.862. The first kappa shape index (κ1) is 15.6. The predicted molar refractivity (Wildman–Crippen MR) is 68.7 cm³/mol. The molecule has 1 aliphatic rings. The van der Waals surface area contributed by atoms with Gasteiger partial charge in [-0.3, -0.25) is 0 Å². The van der Waals surface area contributed by atoms with E-state index in [2.05, 4.69) is 25.4 Å². The van der Waals surface area contributed by atoms with Crippen molar-refractivity contribution in [3.05, 3.63) is 22.7 Å². The minimum Gasteiger partial charge on any atom is -0.403 e. The Bertz CT molecular complexity index is 599. The number of nitrogens with one attached hydrogen (secondary N) is 1. The minimum atomic E-state index is -4.97. The zero-order chi connectivity index (χ0) is 15.0. The second-order valence-corrected chi connectivity index (χ2v) is 7.00. The van der Waals surface area contributed by atoms with E-state index in [9.17, 15) is 21.6 Å². The molecule has 0 saturated heterocycles. The highest BCUT2D eigenvalue weighted by Crippen LogP contribution is 2.36. The van der Waals surface area contributed by atoms with Crippen molar-refractivity contribution < 1.29 is 26.3 Å². The number of alkyl halides is 3. The monoisotopic (exact) mass is 373 g/mol. The first-order chi connectivity index (χ1) is 9.19. The van der Waals surface area contributed by atoms with Crippen molar-refractivity contribution in [3.63, 3.8) is 0 Å². The van der Waals surface area contributed by atoms with Crippen LogP contribution in [-0.2, 0) is 10.0 Å². The van der Waals surface area contributed by atoms with Gasteiger partial charge in [0.2, 0.25) is 10.0 Å². The maximum atomic E-state index is 12.4. The summed E-state index contributed by atoms with van der Waals surface area (Å²) in [7, 11) is -4.05. The lowest BCUT2D eigenvalue weighted by atomic mass is 10.3. The molecular formula is C11H11BrF3NO3S. The summed E-state index contributed by atoms with van der Waals surface area (Å²) in [6.45, 7) is 0.223. The molecule has 4 nitrogen and oxygen atoms in total. The van der Waals surface area contributed by atoms with Gasteiger partial charge in [-0.05, 0) is 46.8 Å². The van der Waals surface area contributed by atoms with E-state index in [-0.39, 0.29) is 16.9 Å². The van der Waals surface area contributed by atoms with E-state index in [1.807, 2.05) is 0 Å². The molecule has 0 heterocycles.